The zero-order valence-electron chi connectivity index (χ0n) is 14.4. The molecular weight excluding hydrogens is 350 g/mol. The van der Waals surface area contributed by atoms with Crippen molar-refractivity contribution < 1.29 is 0 Å². The number of hydrogen-bond acceptors (Lipinski definition) is 4. The summed E-state index contributed by atoms with van der Waals surface area (Å²) in [5, 5.41) is 1.30. The largest absolute Gasteiger partial charge is 0.348 e. The molecule has 0 saturated carbocycles. The molecule has 3 aromatic rings. The number of aryl methyl sites for hydroxylation is 2. The molecule has 2 heterocycles. The standard InChI is InChI=1S/C20H20ClN3S/c1-5-11-24(12-6-2)18-17-16(15-9-7-13(3)8-10-15)14(4)25-19(17)23-20(21)22-18/h5-10H,1-2,11-12H2,3-4H3. The minimum atomic E-state index is 0.261. The van der Waals surface area contributed by atoms with Crippen molar-refractivity contribution in [3.05, 3.63) is 65.3 Å². The van der Waals surface area contributed by atoms with Crippen molar-refractivity contribution in [2.75, 3.05) is 18.0 Å². The number of fused-ring (bicyclic) bond motifs is 1. The van der Waals surface area contributed by atoms with Gasteiger partial charge in [-0.3, -0.25) is 0 Å². The monoisotopic (exact) mass is 369 g/mol. The molecule has 0 saturated heterocycles. The molecule has 0 fully saturated rings. The van der Waals surface area contributed by atoms with E-state index in [1.54, 1.807) is 11.3 Å². The number of thiophene rings is 1. The second-order valence-electron chi connectivity index (χ2n) is 5.88. The lowest BCUT2D eigenvalue weighted by Crippen LogP contribution is -2.24. The molecule has 3 nitrogen and oxygen atoms in total. The van der Waals surface area contributed by atoms with E-state index >= 15 is 0 Å². The van der Waals surface area contributed by atoms with Crippen LogP contribution in [0.3, 0.4) is 0 Å². The number of halogens is 1. The lowest BCUT2D eigenvalue weighted by Gasteiger charge is -2.22. The summed E-state index contributed by atoms with van der Waals surface area (Å²) < 4.78 is 0. The van der Waals surface area contributed by atoms with E-state index in [4.69, 9.17) is 11.6 Å². The topological polar surface area (TPSA) is 29.0 Å². The average Bonchev–Trinajstić information content (AvgIpc) is 2.90. The van der Waals surface area contributed by atoms with Crippen LogP contribution in [-0.4, -0.2) is 23.1 Å². The molecule has 0 aliphatic rings. The Morgan fingerprint density at radius 2 is 1.72 bits per heavy atom. The van der Waals surface area contributed by atoms with Crippen molar-refractivity contribution in [2.24, 2.45) is 0 Å². The zero-order chi connectivity index (χ0) is 18.0. The van der Waals surface area contributed by atoms with Crippen molar-refractivity contribution in [3.8, 4) is 11.1 Å². The number of rotatable bonds is 6. The maximum Gasteiger partial charge on any atom is 0.225 e. The van der Waals surface area contributed by atoms with Crippen LogP contribution >= 0.6 is 22.9 Å². The highest BCUT2D eigenvalue weighted by molar-refractivity contribution is 7.19. The molecule has 2 aromatic heterocycles. The minimum absolute atomic E-state index is 0.261. The third-order valence-electron chi connectivity index (χ3n) is 4.02. The Balaban J connectivity index is 2.30. The van der Waals surface area contributed by atoms with Crippen LogP contribution in [0.25, 0.3) is 21.3 Å². The molecule has 5 heteroatoms. The van der Waals surface area contributed by atoms with E-state index in [1.165, 1.54) is 21.6 Å². The molecule has 1 aromatic carbocycles. The molecule has 0 aliphatic heterocycles. The van der Waals surface area contributed by atoms with Crippen LogP contribution in [0.4, 0.5) is 5.82 Å². The van der Waals surface area contributed by atoms with Crippen LogP contribution in [0.2, 0.25) is 5.28 Å². The van der Waals surface area contributed by atoms with Gasteiger partial charge in [0.1, 0.15) is 10.6 Å². The van der Waals surface area contributed by atoms with Crippen molar-refractivity contribution in [1.82, 2.24) is 9.97 Å². The molecule has 0 N–H and O–H groups in total. The van der Waals surface area contributed by atoms with Gasteiger partial charge >= 0.3 is 0 Å². The van der Waals surface area contributed by atoms with E-state index in [9.17, 15) is 0 Å². The Kier molecular flexibility index (Phi) is 5.21. The van der Waals surface area contributed by atoms with E-state index in [0.29, 0.717) is 13.1 Å². The van der Waals surface area contributed by atoms with Gasteiger partial charge in [-0.2, -0.15) is 4.98 Å². The fourth-order valence-corrected chi connectivity index (χ4v) is 4.18. The minimum Gasteiger partial charge on any atom is -0.348 e. The van der Waals surface area contributed by atoms with Crippen molar-refractivity contribution in [3.63, 3.8) is 0 Å². The fourth-order valence-electron chi connectivity index (χ4n) is 2.92. The number of benzene rings is 1. The van der Waals surface area contributed by atoms with Crippen LogP contribution in [0, 0.1) is 13.8 Å². The summed E-state index contributed by atoms with van der Waals surface area (Å²) >= 11 is 7.85. The van der Waals surface area contributed by atoms with Gasteiger partial charge in [0.25, 0.3) is 0 Å². The van der Waals surface area contributed by atoms with Gasteiger partial charge in [-0.15, -0.1) is 24.5 Å². The second kappa shape index (κ2) is 7.38. The molecule has 0 atom stereocenters. The van der Waals surface area contributed by atoms with E-state index in [-0.39, 0.29) is 5.28 Å². The van der Waals surface area contributed by atoms with Gasteiger partial charge in [-0.05, 0) is 31.0 Å². The smallest absolute Gasteiger partial charge is 0.225 e. The SMILES string of the molecule is C=CCN(CC=C)c1nc(Cl)nc2sc(C)c(-c3ccc(C)cc3)c12. The van der Waals surface area contributed by atoms with Gasteiger partial charge in [-0.25, -0.2) is 4.98 Å². The first-order valence-corrected chi connectivity index (χ1v) is 9.25. The molecule has 3 rings (SSSR count). The number of nitrogens with zero attached hydrogens (tertiary/aromatic N) is 3. The van der Waals surface area contributed by atoms with Crippen LogP contribution < -0.4 is 4.90 Å². The maximum absolute atomic E-state index is 6.20. The molecule has 0 unspecified atom stereocenters. The molecule has 25 heavy (non-hydrogen) atoms. The van der Waals surface area contributed by atoms with Crippen LogP contribution in [0.1, 0.15) is 10.4 Å². The van der Waals surface area contributed by atoms with Gasteiger partial charge in [0.05, 0.1) is 5.39 Å². The average molecular weight is 370 g/mol. The summed E-state index contributed by atoms with van der Waals surface area (Å²) in [5.41, 5.74) is 3.57. The van der Waals surface area contributed by atoms with Crippen LogP contribution in [0.15, 0.2) is 49.6 Å². The summed E-state index contributed by atoms with van der Waals surface area (Å²) in [6.07, 6.45) is 3.71. The third-order valence-corrected chi connectivity index (χ3v) is 5.19. The Morgan fingerprint density at radius 1 is 1.08 bits per heavy atom. The number of anilines is 1. The number of hydrogen-bond donors (Lipinski definition) is 0. The molecule has 0 radical (unpaired) electrons. The van der Waals surface area contributed by atoms with Crippen LogP contribution in [0.5, 0.6) is 0 Å². The molecule has 0 bridgehead atoms. The first-order valence-electron chi connectivity index (χ1n) is 8.05. The van der Waals surface area contributed by atoms with E-state index in [2.05, 4.69) is 66.1 Å². The van der Waals surface area contributed by atoms with Gasteiger partial charge in [0.2, 0.25) is 5.28 Å². The molecule has 0 amide bonds. The zero-order valence-corrected chi connectivity index (χ0v) is 16.0. The highest BCUT2D eigenvalue weighted by Gasteiger charge is 2.21. The maximum atomic E-state index is 6.20. The third kappa shape index (κ3) is 3.46. The van der Waals surface area contributed by atoms with Crippen molar-refractivity contribution in [2.45, 2.75) is 13.8 Å². The summed E-state index contributed by atoms with van der Waals surface area (Å²) in [6.45, 7) is 13.2. The van der Waals surface area contributed by atoms with Crippen molar-refractivity contribution >= 4 is 39.0 Å². The Bertz CT molecular complexity index is 918. The normalized spacial score (nSPS) is 10.8. The second-order valence-corrected chi connectivity index (χ2v) is 7.42. The summed E-state index contributed by atoms with van der Waals surface area (Å²) in [5.74, 6) is 0.828. The summed E-state index contributed by atoms with van der Waals surface area (Å²) in [4.78, 5) is 13.2. The quantitative estimate of drug-likeness (QED) is 0.405. The van der Waals surface area contributed by atoms with Gasteiger partial charge < -0.3 is 4.90 Å². The lowest BCUT2D eigenvalue weighted by atomic mass is 10.0. The summed E-state index contributed by atoms with van der Waals surface area (Å²) in [6, 6.07) is 8.54. The van der Waals surface area contributed by atoms with Gasteiger partial charge in [0, 0.05) is 23.5 Å². The molecular formula is C20H20ClN3S. The van der Waals surface area contributed by atoms with Gasteiger partial charge in [-0.1, -0.05) is 42.0 Å². The Hall–Kier alpha value is -2.17. The van der Waals surface area contributed by atoms with Crippen molar-refractivity contribution in [1.29, 1.82) is 0 Å². The molecule has 128 valence electrons. The molecule has 0 aliphatic carbocycles. The van der Waals surface area contributed by atoms with Gasteiger partial charge in [0.15, 0.2) is 0 Å². The number of aromatic nitrogens is 2. The first-order chi connectivity index (χ1) is 12.0. The summed E-state index contributed by atoms with van der Waals surface area (Å²) in [7, 11) is 0. The molecule has 0 spiro atoms. The lowest BCUT2D eigenvalue weighted by molar-refractivity contribution is 0.929. The van der Waals surface area contributed by atoms with E-state index in [1.807, 2.05) is 12.2 Å². The highest BCUT2D eigenvalue weighted by Crippen LogP contribution is 2.42. The van der Waals surface area contributed by atoms with E-state index < -0.39 is 0 Å². The predicted octanol–water partition coefficient (Wildman–Crippen LogP) is 5.81. The Labute approximate surface area is 157 Å². The fraction of sp³-hybridized carbons (Fsp3) is 0.200. The first kappa shape index (κ1) is 17.6. The Morgan fingerprint density at radius 3 is 2.32 bits per heavy atom. The van der Waals surface area contributed by atoms with E-state index in [0.717, 1.165) is 16.0 Å². The van der Waals surface area contributed by atoms with Crippen LogP contribution in [-0.2, 0) is 0 Å². The predicted molar refractivity (Wildman–Crippen MR) is 110 cm³/mol. The highest BCUT2D eigenvalue weighted by atomic mass is 35.5.